The predicted molar refractivity (Wildman–Crippen MR) is 64.6 cm³/mol. The van der Waals surface area contributed by atoms with Gasteiger partial charge in [0.1, 0.15) is 24.6 Å². The van der Waals surface area contributed by atoms with E-state index in [1.807, 2.05) is 0 Å². The van der Waals surface area contributed by atoms with E-state index in [4.69, 9.17) is 8.37 Å². The number of hydrogen-bond donors (Lipinski definition) is 0. The van der Waals surface area contributed by atoms with Gasteiger partial charge in [-0.15, -0.1) is 0 Å². The van der Waals surface area contributed by atoms with Crippen molar-refractivity contribution in [3.8, 4) is 0 Å². The first-order valence-corrected chi connectivity index (χ1v) is 7.71. The van der Waals surface area contributed by atoms with E-state index in [1.165, 1.54) is 0 Å². The molecule has 106 valence electrons. The van der Waals surface area contributed by atoms with E-state index in [0.717, 1.165) is 25.7 Å². The lowest BCUT2D eigenvalue weighted by atomic mass is 9.96. The van der Waals surface area contributed by atoms with Gasteiger partial charge >= 0.3 is 11.4 Å². The smallest absolute Gasteiger partial charge is 0.262 e. The highest BCUT2D eigenvalue weighted by Crippen LogP contribution is 2.27. The van der Waals surface area contributed by atoms with Gasteiger partial charge < -0.3 is 0 Å². The van der Waals surface area contributed by atoms with Gasteiger partial charge in [0.25, 0.3) is 0 Å². The number of hydrogen-bond acceptors (Lipinski definition) is 3. The van der Waals surface area contributed by atoms with E-state index in [-0.39, 0.29) is 0 Å². The van der Waals surface area contributed by atoms with Crippen LogP contribution < -0.4 is 0 Å². The zero-order chi connectivity index (χ0) is 13.0. The van der Waals surface area contributed by atoms with Gasteiger partial charge in [-0.1, -0.05) is 25.7 Å². The molecule has 0 saturated heterocycles. The Morgan fingerprint density at radius 3 is 1.56 bits per heavy atom. The van der Waals surface area contributed by atoms with Crippen molar-refractivity contribution >= 4 is 11.4 Å². The molecular formula is C12H20F2O3S. The Balaban J connectivity index is 1.77. The molecule has 2 rings (SSSR count). The summed E-state index contributed by atoms with van der Waals surface area (Å²) in [4.78, 5) is 0. The molecule has 2 aliphatic rings. The van der Waals surface area contributed by atoms with E-state index in [1.54, 1.807) is 0 Å². The van der Waals surface area contributed by atoms with Gasteiger partial charge in [0.2, 0.25) is 0 Å². The maximum atomic E-state index is 13.5. The van der Waals surface area contributed by atoms with Crippen molar-refractivity contribution in [1.82, 2.24) is 0 Å². The molecule has 0 N–H and O–H groups in total. The monoisotopic (exact) mass is 282 g/mol. The van der Waals surface area contributed by atoms with Gasteiger partial charge in [0, 0.05) is 0 Å². The zero-order valence-corrected chi connectivity index (χ0v) is 11.2. The van der Waals surface area contributed by atoms with Crippen molar-refractivity contribution in [2.24, 2.45) is 0 Å². The minimum absolute atomic E-state index is 0.441. The second-order valence-electron chi connectivity index (χ2n) is 5.07. The summed E-state index contributed by atoms with van der Waals surface area (Å²) in [6.45, 7) is 0. The van der Waals surface area contributed by atoms with Crippen LogP contribution in [0.2, 0.25) is 0 Å². The van der Waals surface area contributed by atoms with Gasteiger partial charge in [0.15, 0.2) is 0 Å². The molecule has 0 aromatic carbocycles. The van der Waals surface area contributed by atoms with Crippen LogP contribution in [0, 0.1) is 0 Å². The molecule has 4 unspecified atom stereocenters. The molecule has 0 aliphatic heterocycles. The molecule has 0 amide bonds. The standard InChI is InChI=1S/C12H20F2O3S/c13-9-5-1-3-7-11(9)16-18(15)17-12-8-4-2-6-10(12)14/h9-12H,1-8H2. The van der Waals surface area contributed by atoms with Gasteiger partial charge in [-0.3, -0.25) is 8.37 Å². The molecule has 6 heteroatoms. The Morgan fingerprint density at radius 2 is 1.17 bits per heavy atom. The molecule has 2 saturated carbocycles. The van der Waals surface area contributed by atoms with Crippen LogP contribution in [0.25, 0.3) is 0 Å². The Morgan fingerprint density at radius 1 is 0.778 bits per heavy atom. The van der Waals surface area contributed by atoms with Crippen LogP contribution in [0.5, 0.6) is 0 Å². The molecule has 0 heterocycles. The summed E-state index contributed by atoms with van der Waals surface area (Å²) in [5.74, 6) is 0. The van der Waals surface area contributed by atoms with Crippen molar-refractivity contribution in [3.63, 3.8) is 0 Å². The summed E-state index contributed by atoms with van der Waals surface area (Å²) in [7, 11) is 0. The normalized spacial score (nSPS) is 39.4. The second-order valence-corrected chi connectivity index (χ2v) is 5.87. The molecule has 0 radical (unpaired) electrons. The van der Waals surface area contributed by atoms with Crippen LogP contribution in [0.1, 0.15) is 51.4 Å². The largest absolute Gasteiger partial charge is 0.305 e. The van der Waals surface area contributed by atoms with Gasteiger partial charge in [-0.05, 0) is 25.7 Å². The highest BCUT2D eigenvalue weighted by molar-refractivity contribution is 7.75. The topological polar surface area (TPSA) is 35.5 Å². The SMILES string of the molecule is O=S(OC1CCCCC1F)OC1CCCCC1F. The summed E-state index contributed by atoms with van der Waals surface area (Å²) in [6, 6.07) is 0. The van der Waals surface area contributed by atoms with E-state index >= 15 is 0 Å². The lowest BCUT2D eigenvalue weighted by Gasteiger charge is -2.27. The minimum atomic E-state index is -2.04. The third-order valence-corrected chi connectivity index (χ3v) is 4.46. The van der Waals surface area contributed by atoms with E-state index in [2.05, 4.69) is 0 Å². The van der Waals surface area contributed by atoms with Crippen molar-refractivity contribution in [2.45, 2.75) is 75.9 Å². The Bertz CT molecular complexity index is 264. The van der Waals surface area contributed by atoms with Gasteiger partial charge in [-0.25, -0.2) is 8.78 Å². The fraction of sp³-hybridized carbons (Fsp3) is 1.00. The average Bonchev–Trinajstić information content (AvgIpc) is 2.35. The molecule has 2 aliphatic carbocycles. The molecule has 0 bridgehead atoms. The highest BCUT2D eigenvalue weighted by Gasteiger charge is 2.31. The third-order valence-electron chi connectivity index (χ3n) is 3.65. The third kappa shape index (κ3) is 3.96. The first-order valence-electron chi connectivity index (χ1n) is 6.71. The Kier molecular flexibility index (Phi) is 5.51. The molecule has 2 fully saturated rings. The number of halogens is 2. The average molecular weight is 282 g/mol. The van der Waals surface area contributed by atoms with E-state index in [9.17, 15) is 13.0 Å². The van der Waals surface area contributed by atoms with Crippen molar-refractivity contribution < 1.29 is 21.4 Å². The van der Waals surface area contributed by atoms with Crippen LogP contribution in [-0.4, -0.2) is 28.8 Å². The van der Waals surface area contributed by atoms with Gasteiger partial charge in [0.05, 0.1) is 0 Å². The molecule has 0 aromatic rings. The quantitative estimate of drug-likeness (QED) is 0.794. The Labute approximate surface area is 109 Å². The second kappa shape index (κ2) is 6.91. The van der Waals surface area contributed by atoms with Crippen LogP contribution in [0.3, 0.4) is 0 Å². The molecule has 3 nitrogen and oxygen atoms in total. The zero-order valence-electron chi connectivity index (χ0n) is 10.4. The fourth-order valence-corrected chi connectivity index (χ4v) is 3.43. The Hall–Kier alpha value is -0.0700. The molecule has 0 spiro atoms. The van der Waals surface area contributed by atoms with Crippen LogP contribution in [0.4, 0.5) is 8.78 Å². The van der Waals surface area contributed by atoms with E-state index in [0.29, 0.717) is 25.7 Å². The summed E-state index contributed by atoms with van der Waals surface area (Å²) in [5, 5.41) is 0. The predicted octanol–water partition coefficient (Wildman–Crippen LogP) is 3.16. The van der Waals surface area contributed by atoms with Crippen molar-refractivity contribution in [3.05, 3.63) is 0 Å². The molecule has 18 heavy (non-hydrogen) atoms. The summed E-state index contributed by atoms with van der Waals surface area (Å²) >= 11 is -2.04. The first kappa shape index (κ1) is 14.3. The summed E-state index contributed by atoms with van der Waals surface area (Å²) in [5.41, 5.74) is 0. The maximum absolute atomic E-state index is 13.5. The lowest BCUT2D eigenvalue weighted by Crippen LogP contribution is -2.34. The lowest BCUT2D eigenvalue weighted by molar-refractivity contribution is 0.0307. The van der Waals surface area contributed by atoms with Gasteiger partial charge in [-0.2, -0.15) is 4.21 Å². The molecule has 4 atom stereocenters. The minimum Gasteiger partial charge on any atom is -0.262 e. The molecule has 0 aromatic heterocycles. The number of rotatable bonds is 4. The van der Waals surface area contributed by atoms with Crippen LogP contribution >= 0.6 is 0 Å². The number of alkyl halides is 2. The van der Waals surface area contributed by atoms with Crippen LogP contribution in [-0.2, 0) is 19.7 Å². The molecular weight excluding hydrogens is 262 g/mol. The van der Waals surface area contributed by atoms with E-state index < -0.39 is 35.9 Å². The summed E-state index contributed by atoms with van der Waals surface area (Å²) in [6.07, 6.45) is 1.91. The fourth-order valence-electron chi connectivity index (χ4n) is 2.54. The summed E-state index contributed by atoms with van der Waals surface area (Å²) < 4.78 is 48.7. The van der Waals surface area contributed by atoms with Crippen molar-refractivity contribution in [2.75, 3.05) is 0 Å². The maximum Gasteiger partial charge on any atom is 0.305 e. The van der Waals surface area contributed by atoms with Crippen LogP contribution in [0.15, 0.2) is 0 Å². The first-order chi connectivity index (χ1) is 8.66. The highest BCUT2D eigenvalue weighted by atomic mass is 32.2. The van der Waals surface area contributed by atoms with Crippen molar-refractivity contribution in [1.29, 1.82) is 0 Å².